The van der Waals surface area contributed by atoms with Gasteiger partial charge in [-0.05, 0) is 54.4 Å². The van der Waals surface area contributed by atoms with Crippen LogP contribution in [0.4, 0.5) is 0 Å². The second-order valence-corrected chi connectivity index (χ2v) is 11.1. The van der Waals surface area contributed by atoms with Crippen LogP contribution >= 0.6 is 0 Å². The van der Waals surface area contributed by atoms with Crippen molar-refractivity contribution >= 4 is 11.6 Å². The molecule has 4 atom stereocenters. The SMILES string of the molecule is CC(C)=CCc1c(O)cc(O)c2c1O[C@]13C(=C[C@@H]4C[C@H]1C(C)(C)OC3(CC=C(C)C)C4=O)C2=O. The summed E-state index contributed by atoms with van der Waals surface area (Å²) in [6.07, 6.45) is 6.78. The predicted molar refractivity (Wildman–Crippen MR) is 127 cm³/mol. The number of allylic oxidation sites excluding steroid dienone is 4. The van der Waals surface area contributed by atoms with Gasteiger partial charge < -0.3 is 19.7 Å². The zero-order valence-corrected chi connectivity index (χ0v) is 20.6. The van der Waals surface area contributed by atoms with Crippen molar-refractivity contribution in [2.75, 3.05) is 0 Å². The number of fused-ring (bicyclic) bond motifs is 1. The first-order valence-corrected chi connectivity index (χ1v) is 11.9. The van der Waals surface area contributed by atoms with Gasteiger partial charge in [0.05, 0.1) is 5.60 Å². The predicted octanol–water partition coefficient (Wildman–Crippen LogP) is 4.97. The van der Waals surface area contributed by atoms with Crippen LogP contribution in [0.15, 0.2) is 41.0 Å². The van der Waals surface area contributed by atoms with Crippen LogP contribution in [0.1, 0.15) is 70.3 Å². The molecule has 6 heteroatoms. The van der Waals surface area contributed by atoms with E-state index in [1.807, 2.05) is 53.7 Å². The Kier molecular flexibility index (Phi) is 4.77. The summed E-state index contributed by atoms with van der Waals surface area (Å²) >= 11 is 0. The highest BCUT2D eigenvalue weighted by Crippen LogP contribution is 2.68. The lowest BCUT2D eigenvalue weighted by molar-refractivity contribution is -0.171. The summed E-state index contributed by atoms with van der Waals surface area (Å²) in [5.41, 5.74) is -0.450. The molecule has 1 spiro atoms. The third-order valence-corrected chi connectivity index (χ3v) is 7.95. The number of hydrogen-bond donors (Lipinski definition) is 2. The Labute approximate surface area is 200 Å². The van der Waals surface area contributed by atoms with Crippen molar-refractivity contribution in [3.05, 3.63) is 52.1 Å². The van der Waals surface area contributed by atoms with Crippen molar-refractivity contribution < 1.29 is 29.3 Å². The molecule has 0 radical (unpaired) electrons. The molecule has 1 unspecified atom stereocenters. The van der Waals surface area contributed by atoms with Crippen molar-refractivity contribution in [3.63, 3.8) is 0 Å². The van der Waals surface area contributed by atoms with Gasteiger partial charge in [-0.2, -0.15) is 0 Å². The summed E-state index contributed by atoms with van der Waals surface area (Å²) in [5, 5.41) is 21.4. The molecule has 2 fully saturated rings. The summed E-state index contributed by atoms with van der Waals surface area (Å²) in [4.78, 5) is 27.9. The van der Waals surface area contributed by atoms with Gasteiger partial charge in [0.15, 0.2) is 22.8 Å². The average molecular weight is 465 g/mol. The standard InChI is InChI=1S/C28H32O6/c1-14(2)7-8-17-19(29)13-20(30)22-23(31)18-11-16-12-21-26(5,6)34-27(25(16)32,10-9-15(3)4)28(18,21)33-24(17)22/h7,9,11,13,16,21,29-30H,8,10,12H2,1-6H3/t16-,21+,27?,28-/m1/s1. The first-order chi connectivity index (χ1) is 15.9. The summed E-state index contributed by atoms with van der Waals surface area (Å²) in [7, 11) is 0. The molecule has 0 amide bonds. The van der Waals surface area contributed by atoms with Crippen molar-refractivity contribution in [1.82, 2.24) is 0 Å². The number of ether oxygens (including phenoxy) is 2. The Morgan fingerprint density at radius 3 is 2.41 bits per heavy atom. The molecule has 6 nitrogen and oxygen atoms in total. The van der Waals surface area contributed by atoms with Gasteiger partial charge in [-0.25, -0.2) is 0 Å². The molecular weight excluding hydrogens is 432 g/mol. The van der Waals surface area contributed by atoms with Gasteiger partial charge >= 0.3 is 0 Å². The van der Waals surface area contributed by atoms with Crippen LogP contribution in [-0.4, -0.2) is 38.6 Å². The van der Waals surface area contributed by atoms with Crippen molar-refractivity contribution in [2.45, 2.75) is 77.6 Å². The normalized spacial score (nSPS) is 31.9. The maximum absolute atomic E-state index is 14.0. The number of rotatable bonds is 4. The smallest absolute Gasteiger partial charge is 0.200 e. The van der Waals surface area contributed by atoms with Crippen molar-refractivity contribution in [1.29, 1.82) is 0 Å². The largest absolute Gasteiger partial charge is 0.507 e. The maximum atomic E-state index is 14.0. The van der Waals surface area contributed by atoms with Crippen molar-refractivity contribution in [2.24, 2.45) is 11.8 Å². The van der Waals surface area contributed by atoms with E-state index in [9.17, 15) is 19.8 Å². The minimum Gasteiger partial charge on any atom is -0.507 e. The molecule has 5 aliphatic rings. The minimum absolute atomic E-state index is 0.0430. The number of benzene rings is 1. The van der Waals surface area contributed by atoms with Gasteiger partial charge in [0, 0.05) is 35.5 Å². The zero-order valence-electron chi connectivity index (χ0n) is 20.6. The molecule has 6 rings (SSSR count). The second-order valence-electron chi connectivity index (χ2n) is 11.1. The Hall–Kier alpha value is -2.86. The zero-order chi connectivity index (χ0) is 24.8. The van der Waals surface area contributed by atoms with Crippen LogP contribution in [0.25, 0.3) is 0 Å². The number of ketones is 2. The van der Waals surface area contributed by atoms with Gasteiger partial charge in [0.25, 0.3) is 0 Å². The Morgan fingerprint density at radius 2 is 1.76 bits per heavy atom. The van der Waals surface area contributed by atoms with E-state index in [1.54, 1.807) is 6.08 Å². The molecule has 0 aromatic heterocycles. The molecule has 2 heterocycles. The average Bonchev–Trinajstić information content (AvgIpc) is 2.89. The van der Waals surface area contributed by atoms with E-state index in [2.05, 4.69) is 0 Å². The maximum Gasteiger partial charge on any atom is 0.200 e. The fourth-order valence-electron chi connectivity index (χ4n) is 6.48. The lowest BCUT2D eigenvalue weighted by atomic mass is 9.51. The molecule has 34 heavy (non-hydrogen) atoms. The van der Waals surface area contributed by atoms with E-state index in [4.69, 9.17) is 9.47 Å². The van der Waals surface area contributed by atoms with Crippen LogP contribution in [0.2, 0.25) is 0 Å². The van der Waals surface area contributed by atoms with E-state index in [0.29, 0.717) is 30.4 Å². The van der Waals surface area contributed by atoms with E-state index < -0.39 is 22.7 Å². The number of Topliss-reactive ketones (excluding diaryl/α,β-unsaturated/α-hetero) is 2. The van der Waals surface area contributed by atoms with Gasteiger partial charge in [-0.3, -0.25) is 9.59 Å². The summed E-state index contributed by atoms with van der Waals surface area (Å²) < 4.78 is 13.5. The van der Waals surface area contributed by atoms with Gasteiger partial charge in [-0.15, -0.1) is 0 Å². The van der Waals surface area contributed by atoms with Gasteiger partial charge in [-0.1, -0.05) is 29.4 Å². The monoisotopic (exact) mass is 464 g/mol. The summed E-state index contributed by atoms with van der Waals surface area (Å²) in [5.74, 6) is -1.43. The highest BCUT2D eigenvalue weighted by molar-refractivity contribution is 6.18. The molecule has 1 saturated carbocycles. The Balaban J connectivity index is 1.81. The van der Waals surface area contributed by atoms with E-state index in [0.717, 1.165) is 11.1 Å². The highest BCUT2D eigenvalue weighted by atomic mass is 16.6. The summed E-state index contributed by atoms with van der Waals surface area (Å²) in [6, 6.07) is 1.20. The van der Waals surface area contributed by atoms with Gasteiger partial charge in [0.1, 0.15) is 22.8 Å². The molecule has 3 aliphatic carbocycles. The fourth-order valence-corrected chi connectivity index (χ4v) is 6.48. The van der Waals surface area contributed by atoms with Gasteiger partial charge in [0.2, 0.25) is 0 Å². The van der Waals surface area contributed by atoms with Crippen molar-refractivity contribution in [3.8, 4) is 17.2 Å². The lowest BCUT2D eigenvalue weighted by Gasteiger charge is -2.56. The molecule has 4 bridgehead atoms. The quantitative estimate of drug-likeness (QED) is 0.611. The van der Waals surface area contributed by atoms with Crippen LogP contribution in [0.5, 0.6) is 17.2 Å². The second kappa shape index (κ2) is 7.08. The van der Waals surface area contributed by atoms with E-state index >= 15 is 0 Å². The highest BCUT2D eigenvalue weighted by Gasteiger charge is 2.81. The molecule has 2 aliphatic heterocycles. The molecule has 1 aromatic carbocycles. The van der Waals surface area contributed by atoms with E-state index in [-0.39, 0.29) is 40.3 Å². The van der Waals surface area contributed by atoms with Crippen LogP contribution in [0, 0.1) is 11.8 Å². The Morgan fingerprint density at radius 1 is 1.09 bits per heavy atom. The number of carbonyl (C=O) groups excluding carboxylic acids is 2. The first-order valence-electron chi connectivity index (χ1n) is 11.9. The third-order valence-electron chi connectivity index (χ3n) is 7.95. The third kappa shape index (κ3) is 2.72. The molecular formula is C28H32O6. The number of aromatic hydroxyl groups is 2. The van der Waals surface area contributed by atoms with E-state index in [1.165, 1.54) is 6.07 Å². The number of hydrogen-bond acceptors (Lipinski definition) is 6. The number of carbonyl (C=O) groups is 2. The summed E-state index contributed by atoms with van der Waals surface area (Å²) in [6.45, 7) is 11.7. The molecule has 1 aromatic rings. The fraction of sp³-hybridized carbons (Fsp3) is 0.500. The lowest BCUT2D eigenvalue weighted by Crippen LogP contribution is -2.72. The molecule has 1 saturated heterocycles. The Bertz CT molecular complexity index is 1220. The van der Waals surface area contributed by atoms with Crippen LogP contribution in [-0.2, 0) is 16.0 Å². The van der Waals surface area contributed by atoms with Crippen LogP contribution in [0.3, 0.4) is 0 Å². The minimum atomic E-state index is -1.35. The van der Waals surface area contributed by atoms with Crippen LogP contribution < -0.4 is 4.74 Å². The molecule has 2 N–H and O–H groups in total. The topological polar surface area (TPSA) is 93.1 Å². The number of phenolic OH excluding ortho intramolecular Hbond substituents is 2. The molecule has 180 valence electrons. The number of phenols is 2. The first kappa shape index (κ1) is 22.9.